The Kier molecular flexibility index (Phi) is 6.80. The van der Waals surface area contributed by atoms with E-state index < -0.39 is 0 Å². The normalized spacial score (nSPS) is 10.5. The molecule has 0 saturated carbocycles. The fourth-order valence-corrected chi connectivity index (χ4v) is 1.17. The van der Waals surface area contributed by atoms with Crippen molar-refractivity contribution in [2.45, 2.75) is 20.3 Å². The Balaban J connectivity index is 0.00000225. The van der Waals surface area contributed by atoms with Gasteiger partial charge in [0.2, 0.25) is 0 Å². The van der Waals surface area contributed by atoms with E-state index in [0.29, 0.717) is 5.71 Å². The van der Waals surface area contributed by atoms with Gasteiger partial charge >= 0.3 is 0 Å². The summed E-state index contributed by atoms with van der Waals surface area (Å²) in [5.74, 6) is 0. The van der Waals surface area contributed by atoms with Crippen LogP contribution in [0.5, 0.6) is 0 Å². The number of hydrogen-bond donors (Lipinski definition) is 2. The molecule has 7 heteroatoms. The molecule has 1 aromatic heterocycles. The van der Waals surface area contributed by atoms with E-state index in [-0.39, 0.29) is 22.2 Å². The molecule has 0 aliphatic heterocycles. The molecule has 0 amide bonds. The Bertz CT molecular complexity index is 393. The van der Waals surface area contributed by atoms with Crippen LogP contribution in [-0.2, 0) is 23.5 Å². The maximum atomic E-state index is 5.27. The second-order valence-electron chi connectivity index (χ2n) is 2.88. The third kappa shape index (κ3) is 4.22. The zero-order valence-electron chi connectivity index (χ0n) is 8.99. The first-order chi connectivity index (χ1) is 7.15. The van der Waals surface area contributed by atoms with Gasteiger partial charge in [0, 0.05) is 29.5 Å². The van der Waals surface area contributed by atoms with Crippen LogP contribution in [-0.4, -0.2) is 20.8 Å². The molecule has 0 bridgehead atoms. The summed E-state index contributed by atoms with van der Waals surface area (Å²) in [6, 6.07) is 0. The van der Waals surface area contributed by atoms with E-state index in [1.165, 1.54) is 0 Å². The van der Waals surface area contributed by atoms with Gasteiger partial charge in [0.1, 0.15) is 5.69 Å². The molecule has 3 N–H and O–H groups in total. The van der Waals surface area contributed by atoms with E-state index in [1.807, 2.05) is 13.8 Å². The van der Waals surface area contributed by atoms with Crippen molar-refractivity contribution < 1.29 is 17.1 Å². The van der Waals surface area contributed by atoms with Gasteiger partial charge in [0.15, 0.2) is 5.11 Å². The monoisotopic (exact) mass is 286 g/mol. The van der Waals surface area contributed by atoms with Gasteiger partial charge in [-0.1, -0.05) is 6.92 Å². The summed E-state index contributed by atoms with van der Waals surface area (Å²) in [6.07, 6.45) is 4.11. The fourth-order valence-electron chi connectivity index (χ4n) is 1.12. The van der Waals surface area contributed by atoms with Crippen LogP contribution in [0.25, 0.3) is 0 Å². The fraction of sp³-hybridized carbons (Fsp3) is 0.333. The molecule has 1 radical (unpaired) electrons. The van der Waals surface area contributed by atoms with Crippen LogP contribution in [0.15, 0.2) is 17.5 Å². The van der Waals surface area contributed by atoms with Crippen LogP contribution < -0.4 is 11.2 Å². The first-order valence-electron chi connectivity index (χ1n) is 4.55. The first-order valence-corrected chi connectivity index (χ1v) is 4.96. The van der Waals surface area contributed by atoms with E-state index >= 15 is 0 Å². The van der Waals surface area contributed by atoms with E-state index in [1.54, 1.807) is 12.4 Å². The minimum atomic E-state index is 0. The Morgan fingerprint density at radius 3 is 2.69 bits per heavy atom. The molecule has 5 nitrogen and oxygen atoms in total. The molecule has 0 aromatic carbocycles. The maximum absolute atomic E-state index is 5.27. The molecular formula is C9H13CuN5S. The summed E-state index contributed by atoms with van der Waals surface area (Å²) in [7, 11) is 0. The Hall–Kier alpha value is -1.04. The quantitative estimate of drug-likeness (QED) is 0.368. The van der Waals surface area contributed by atoms with Gasteiger partial charge in [-0.05, 0) is 25.6 Å². The molecule has 0 aliphatic carbocycles. The summed E-state index contributed by atoms with van der Waals surface area (Å²) in [5, 5.41) is 4.14. The maximum Gasteiger partial charge on any atom is 0.184 e. The topological polar surface area (TPSA) is 76.2 Å². The summed E-state index contributed by atoms with van der Waals surface area (Å²) in [5.41, 5.74) is 10.2. The summed E-state index contributed by atoms with van der Waals surface area (Å²) >= 11 is 4.65. The Morgan fingerprint density at radius 1 is 1.50 bits per heavy atom. The molecule has 91 valence electrons. The van der Waals surface area contributed by atoms with Gasteiger partial charge in [0.05, 0.1) is 11.4 Å². The molecule has 1 heterocycles. The largest absolute Gasteiger partial charge is 0.375 e. The van der Waals surface area contributed by atoms with E-state index in [4.69, 9.17) is 5.73 Å². The van der Waals surface area contributed by atoms with Gasteiger partial charge in [-0.3, -0.25) is 15.4 Å². The number of aryl methyl sites for hydroxylation is 1. The van der Waals surface area contributed by atoms with Crippen LogP contribution in [0.4, 0.5) is 0 Å². The molecule has 0 saturated heterocycles. The van der Waals surface area contributed by atoms with E-state index in [0.717, 1.165) is 17.8 Å². The molecule has 16 heavy (non-hydrogen) atoms. The third-order valence-corrected chi connectivity index (χ3v) is 1.88. The van der Waals surface area contributed by atoms with Gasteiger partial charge in [-0.15, -0.1) is 0 Å². The number of rotatable bonds is 3. The van der Waals surface area contributed by atoms with Gasteiger partial charge in [0.25, 0.3) is 0 Å². The molecule has 0 atom stereocenters. The minimum Gasteiger partial charge on any atom is -0.375 e. The molecule has 0 unspecified atom stereocenters. The van der Waals surface area contributed by atoms with Crippen molar-refractivity contribution in [2.75, 3.05) is 0 Å². The van der Waals surface area contributed by atoms with E-state index in [9.17, 15) is 0 Å². The van der Waals surface area contributed by atoms with Crippen LogP contribution >= 0.6 is 12.2 Å². The molecular weight excluding hydrogens is 274 g/mol. The molecule has 1 rings (SSSR count). The van der Waals surface area contributed by atoms with Crippen molar-refractivity contribution in [3.63, 3.8) is 0 Å². The number of nitrogens with one attached hydrogen (secondary N) is 1. The standard InChI is InChI=1S/C9H13N5S.Cu/c1-3-7-8(12-5-4-11-7)6(2)13-14-9(10)15;/h4-5H,3H2,1-2H3,(H3,10,14,15);. The Labute approximate surface area is 110 Å². The number of hydrazone groups is 1. The van der Waals surface area contributed by atoms with Crippen LogP contribution in [0.1, 0.15) is 25.2 Å². The average molecular weight is 287 g/mol. The molecule has 0 fully saturated rings. The second-order valence-corrected chi connectivity index (χ2v) is 3.32. The molecule has 0 aliphatic rings. The smallest absolute Gasteiger partial charge is 0.184 e. The van der Waals surface area contributed by atoms with Gasteiger partial charge < -0.3 is 5.73 Å². The number of nitrogens with zero attached hydrogens (tertiary/aromatic N) is 3. The number of nitrogens with two attached hydrogens (primary N) is 1. The SMILES string of the molecule is CCc1nccnc1C(C)=NNC(N)=S.[Cu]. The minimum absolute atomic E-state index is 0. The van der Waals surface area contributed by atoms with Crippen molar-refractivity contribution in [3.8, 4) is 0 Å². The third-order valence-electron chi connectivity index (χ3n) is 1.79. The number of aromatic nitrogens is 2. The van der Waals surface area contributed by atoms with Crippen molar-refractivity contribution in [1.82, 2.24) is 15.4 Å². The molecule has 0 spiro atoms. The van der Waals surface area contributed by atoms with Crippen LogP contribution in [0.2, 0.25) is 0 Å². The zero-order valence-corrected chi connectivity index (χ0v) is 10.7. The van der Waals surface area contributed by atoms with Gasteiger partial charge in [-0.2, -0.15) is 5.10 Å². The van der Waals surface area contributed by atoms with Crippen molar-refractivity contribution in [3.05, 3.63) is 23.8 Å². The van der Waals surface area contributed by atoms with Crippen molar-refractivity contribution in [1.29, 1.82) is 0 Å². The number of hydrogen-bond acceptors (Lipinski definition) is 4. The molecule has 1 aromatic rings. The van der Waals surface area contributed by atoms with Crippen LogP contribution in [0, 0.1) is 0 Å². The van der Waals surface area contributed by atoms with Crippen LogP contribution in [0.3, 0.4) is 0 Å². The van der Waals surface area contributed by atoms with Crippen molar-refractivity contribution in [2.24, 2.45) is 10.8 Å². The average Bonchev–Trinajstić information content (AvgIpc) is 2.25. The summed E-state index contributed by atoms with van der Waals surface area (Å²) in [4.78, 5) is 8.42. The summed E-state index contributed by atoms with van der Waals surface area (Å²) < 4.78 is 0. The second kappa shape index (κ2) is 7.27. The zero-order chi connectivity index (χ0) is 11.3. The first kappa shape index (κ1) is 15.0. The predicted octanol–water partition coefficient (Wildman–Crippen LogP) is 0.594. The van der Waals surface area contributed by atoms with Crippen molar-refractivity contribution >= 4 is 23.0 Å². The predicted molar refractivity (Wildman–Crippen MR) is 63.5 cm³/mol. The summed E-state index contributed by atoms with van der Waals surface area (Å²) in [6.45, 7) is 3.84. The van der Waals surface area contributed by atoms with Gasteiger partial charge in [-0.25, -0.2) is 0 Å². The number of thiocarbonyl (C=S) groups is 1. The van der Waals surface area contributed by atoms with E-state index in [2.05, 4.69) is 32.7 Å². The Morgan fingerprint density at radius 2 is 2.12 bits per heavy atom.